The van der Waals surface area contributed by atoms with Gasteiger partial charge in [0, 0.05) is 11.9 Å². The Morgan fingerprint density at radius 1 is 1.27 bits per heavy atom. The Balaban J connectivity index is 2.46. The molecule has 1 aliphatic heterocycles. The second-order valence-electron chi connectivity index (χ2n) is 4.85. The summed E-state index contributed by atoms with van der Waals surface area (Å²) in [6.07, 6.45) is 2.03. The average Bonchev–Trinajstić information content (AvgIpc) is 2.92. The maximum atomic E-state index is 12.2. The number of esters is 1. The van der Waals surface area contributed by atoms with Crippen LogP contribution in [0.15, 0.2) is 34.2 Å². The van der Waals surface area contributed by atoms with E-state index in [0.717, 1.165) is 30.1 Å². The van der Waals surface area contributed by atoms with Crippen molar-refractivity contribution in [2.45, 2.75) is 20.3 Å². The molecule has 22 heavy (non-hydrogen) atoms. The van der Waals surface area contributed by atoms with Crippen molar-refractivity contribution in [3.8, 4) is 0 Å². The number of carbonyl (C=O) groups excluding carboxylic acids is 1. The quantitative estimate of drug-likeness (QED) is 0.767. The third-order valence-electron chi connectivity index (χ3n) is 3.25. The normalized spacial score (nSPS) is 15.3. The van der Waals surface area contributed by atoms with E-state index in [1.165, 1.54) is 5.56 Å². The Labute approximate surface area is 135 Å². The van der Waals surface area contributed by atoms with Crippen LogP contribution in [0.3, 0.4) is 0 Å². The van der Waals surface area contributed by atoms with E-state index in [1.54, 1.807) is 11.8 Å². The molecule has 1 aromatic carbocycles. The van der Waals surface area contributed by atoms with Gasteiger partial charge in [-0.3, -0.25) is 0 Å². The fourth-order valence-corrected chi connectivity index (χ4v) is 4.57. The van der Waals surface area contributed by atoms with E-state index >= 15 is 0 Å². The van der Waals surface area contributed by atoms with Crippen LogP contribution in [-0.4, -0.2) is 33.1 Å². The number of carbonyl (C=O) groups is 1. The predicted octanol–water partition coefficient (Wildman–Crippen LogP) is 2.54. The molecule has 5 nitrogen and oxygen atoms in total. The summed E-state index contributed by atoms with van der Waals surface area (Å²) in [4.78, 5) is 13.9. The standard InChI is InChI=1S/C15H19NO4S2/c1-4-11-6-8-12(9-7-11)16-10-21-15(22(3,18)19)13(16)14(17)20-5-2/h6-9H,4-5,10H2,1-3H3. The summed E-state index contributed by atoms with van der Waals surface area (Å²) in [5, 5.41) is 0. The molecule has 0 unspecified atom stereocenters. The lowest BCUT2D eigenvalue weighted by Gasteiger charge is -2.20. The van der Waals surface area contributed by atoms with Crippen molar-refractivity contribution in [2.75, 3.05) is 23.6 Å². The van der Waals surface area contributed by atoms with Gasteiger partial charge in [0.25, 0.3) is 0 Å². The number of hydrogen-bond acceptors (Lipinski definition) is 6. The van der Waals surface area contributed by atoms with Crippen LogP contribution in [-0.2, 0) is 25.8 Å². The Bertz CT molecular complexity index is 693. The smallest absolute Gasteiger partial charge is 0.356 e. The molecule has 0 saturated heterocycles. The van der Waals surface area contributed by atoms with E-state index in [1.807, 2.05) is 24.3 Å². The molecule has 0 radical (unpaired) electrons. The topological polar surface area (TPSA) is 63.7 Å². The Hall–Kier alpha value is -1.47. The Morgan fingerprint density at radius 2 is 1.91 bits per heavy atom. The van der Waals surface area contributed by atoms with Crippen molar-refractivity contribution >= 4 is 33.3 Å². The molecule has 7 heteroatoms. The van der Waals surface area contributed by atoms with Crippen LogP contribution in [0.25, 0.3) is 0 Å². The molecule has 1 aromatic rings. The summed E-state index contributed by atoms with van der Waals surface area (Å²) in [7, 11) is -3.47. The molecule has 0 bridgehead atoms. The first-order valence-corrected chi connectivity index (χ1v) is 9.87. The zero-order chi connectivity index (χ0) is 16.3. The number of aryl methyl sites for hydroxylation is 1. The van der Waals surface area contributed by atoms with Crippen LogP contribution in [0.5, 0.6) is 0 Å². The fourth-order valence-electron chi connectivity index (χ4n) is 2.16. The number of nitrogens with zero attached hydrogens (tertiary/aromatic N) is 1. The molecule has 120 valence electrons. The maximum Gasteiger partial charge on any atom is 0.356 e. The van der Waals surface area contributed by atoms with Gasteiger partial charge < -0.3 is 9.64 Å². The zero-order valence-electron chi connectivity index (χ0n) is 12.8. The molecular formula is C15H19NO4S2. The van der Waals surface area contributed by atoms with Crippen LogP contribution >= 0.6 is 11.8 Å². The van der Waals surface area contributed by atoms with Gasteiger partial charge in [0.05, 0.1) is 12.5 Å². The Kier molecular flexibility index (Phi) is 5.18. The van der Waals surface area contributed by atoms with Gasteiger partial charge in [-0.05, 0) is 31.0 Å². The van der Waals surface area contributed by atoms with Crippen LogP contribution in [0, 0.1) is 0 Å². The highest BCUT2D eigenvalue weighted by Gasteiger charge is 2.35. The molecule has 0 saturated carbocycles. The molecule has 2 rings (SSSR count). The molecule has 0 fully saturated rings. The number of ether oxygens (including phenoxy) is 1. The minimum absolute atomic E-state index is 0.0746. The summed E-state index contributed by atoms with van der Waals surface area (Å²) in [6, 6.07) is 7.73. The first-order valence-electron chi connectivity index (χ1n) is 6.99. The lowest BCUT2D eigenvalue weighted by atomic mass is 10.1. The SMILES string of the molecule is CCOC(=O)C1=C(S(C)(=O)=O)SCN1c1ccc(CC)cc1. The molecule has 0 amide bonds. The number of anilines is 1. The molecule has 0 aromatic heterocycles. The second kappa shape index (κ2) is 6.75. The van der Waals surface area contributed by atoms with E-state index in [4.69, 9.17) is 4.74 Å². The Morgan fingerprint density at radius 3 is 2.41 bits per heavy atom. The monoisotopic (exact) mass is 341 g/mol. The van der Waals surface area contributed by atoms with Gasteiger partial charge in [-0.2, -0.15) is 0 Å². The van der Waals surface area contributed by atoms with Crippen molar-refractivity contribution in [1.82, 2.24) is 0 Å². The van der Waals surface area contributed by atoms with Crippen molar-refractivity contribution in [2.24, 2.45) is 0 Å². The summed E-state index contributed by atoms with van der Waals surface area (Å²) in [5.41, 5.74) is 2.07. The number of rotatable bonds is 5. The van der Waals surface area contributed by atoms with Crippen LogP contribution in [0.2, 0.25) is 0 Å². The third kappa shape index (κ3) is 3.47. The molecule has 0 spiro atoms. The largest absolute Gasteiger partial charge is 0.461 e. The number of hydrogen-bond donors (Lipinski definition) is 0. The highest BCUT2D eigenvalue weighted by Crippen LogP contribution is 2.39. The van der Waals surface area contributed by atoms with Crippen LogP contribution in [0.4, 0.5) is 5.69 Å². The van der Waals surface area contributed by atoms with Crippen molar-refractivity contribution < 1.29 is 17.9 Å². The van der Waals surface area contributed by atoms with Gasteiger partial charge in [-0.1, -0.05) is 30.8 Å². The summed E-state index contributed by atoms with van der Waals surface area (Å²) >= 11 is 1.14. The van der Waals surface area contributed by atoms with Crippen molar-refractivity contribution in [3.05, 3.63) is 39.8 Å². The van der Waals surface area contributed by atoms with E-state index in [0.29, 0.717) is 5.88 Å². The van der Waals surface area contributed by atoms with Gasteiger partial charge in [-0.15, -0.1) is 0 Å². The van der Waals surface area contributed by atoms with E-state index in [-0.39, 0.29) is 16.5 Å². The average molecular weight is 341 g/mol. The third-order valence-corrected chi connectivity index (χ3v) is 6.22. The zero-order valence-corrected chi connectivity index (χ0v) is 14.5. The minimum atomic E-state index is -3.47. The molecule has 0 aliphatic carbocycles. The highest BCUT2D eigenvalue weighted by atomic mass is 32.3. The van der Waals surface area contributed by atoms with Gasteiger partial charge in [0.15, 0.2) is 15.5 Å². The fraction of sp³-hybridized carbons (Fsp3) is 0.400. The van der Waals surface area contributed by atoms with Gasteiger partial charge >= 0.3 is 5.97 Å². The van der Waals surface area contributed by atoms with Crippen LogP contribution < -0.4 is 4.90 Å². The van der Waals surface area contributed by atoms with Crippen molar-refractivity contribution in [1.29, 1.82) is 0 Å². The van der Waals surface area contributed by atoms with Crippen LogP contribution in [0.1, 0.15) is 19.4 Å². The van der Waals surface area contributed by atoms with E-state index in [9.17, 15) is 13.2 Å². The molecule has 0 atom stereocenters. The minimum Gasteiger partial charge on any atom is -0.461 e. The first-order chi connectivity index (χ1) is 10.4. The molecular weight excluding hydrogens is 322 g/mol. The van der Waals surface area contributed by atoms with E-state index in [2.05, 4.69) is 6.92 Å². The maximum absolute atomic E-state index is 12.2. The lowest BCUT2D eigenvalue weighted by molar-refractivity contribution is -0.138. The number of benzene rings is 1. The van der Waals surface area contributed by atoms with E-state index < -0.39 is 15.8 Å². The first kappa shape index (κ1) is 16.9. The molecule has 1 heterocycles. The second-order valence-corrected chi connectivity index (χ2v) is 8.02. The van der Waals surface area contributed by atoms with Crippen molar-refractivity contribution in [3.63, 3.8) is 0 Å². The summed E-state index contributed by atoms with van der Waals surface area (Å²) < 4.78 is 28.9. The van der Waals surface area contributed by atoms with Gasteiger partial charge in [0.2, 0.25) is 0 Å². The molecule has 1 aliphatic rings. The molecule has 0 N–H and O–H groups in total. The van der Waals surface area contributed by atoms with Gasteiger partial charge in [0.1, 0.15) is 4.24 Å². The summed E-state index contributed by atoms with van der Waals surface area (Å²) in [5.74, 6) is -0.227. The number of sulfone groups is 1. The van der Waals surface area contributed by atoms with Gasteiger partial charge in [-0.25, -0.2) is 13.2 Å². The predicted molar refractivity (Wildman–Crippen MR) is 89.3 cm³/mol. The number of thioether (sulfide) groups is 1. The summed E-state index contributed by atoms with van der Waals surface area (Å²) in [6.45, 7) is 3.96. The lowest BCUT2D eigenvalue weighted by Crippen LogP contribution is -2.26. The highest BCUT2D eigenvalue weighted by molar-refractivity contribution is 8.18.